The molecule has 5 aromatic rings. The highest BCUT2D eigenvalue weighted by molar-refractivity contribution is 7.17. The van der Waals surface area contributed by atoms with E-state index in [1.807, 2.05) is 6.92 Å². The smallest absolute Gasteiger partial charge is 0.297 e. The molecule has 0 aliphatic carbocycles. The Morgan fingerprint density at radius 1 is 1.02 bits per heavy atom. The highest BCUT2D eigenvalue weighted by Gasteiger charge is 2.66. The summed E-state index contributed by atoms with van der Waals surface area (Å²) in [6.45, 7) is 4.72. The third-order valence-corrected chi connectivity index (χ3v) is 9.11. The summed E-state index contributed by atoms with van der Waals surface area (Å²) < 4.78 is 20.9. The number of Topliss-reactive ketones (excluding diaryl/α,β-unsaturated/α-hetero) is 1. The van der Waals surface area contributed by atoms with Crippen molar-refractivity contribution in [2.75, 3.05) is 9.80 Å². The molecule has 0 radical (unpaired) electrons. The minimum atomic E-state index is -1.99. The molecule has 2 amide bonds. The lowest BCUT2D eigenvalue weighted by molar-refractivity contribution is -0.121. The van der Waals surface area contributed by atoms with Crippen molar-refractivity contribution in [3.8, 4) is 0 Å². The van der Waals surface area contributed by atoms with E-state index in [1.54, 1.807) is 67.6 Å². The minimum Gasteiger partial charge on any atom is -0.450 e. The van der Waals surface area contributed by atoms with Gasteiger partial charge in [0.05, 0.1) is 33.8 Å². The van der Waals surface area contributed by atoms with Crippen LogP contribution in [0.5, 0.6) is 0 Å². The van der Waals surface area contributed by atoms with E-state index in [-0.39, 0.29) is 45.3 Å². The molecule has 7 rings (SSSR count). The lowest BCUT2D eigenvalue weighted by Gasteiger charge is -2.32. The molecule has 10 heteroatoms. The number of carbonyl (C=O) groups excluding carboxylic acids is 3. The van der Waals surface area contributed by atoms with Crippen molar-refractivity contribution in [1.82, 2.24) is 4.98 Å². The van der Waals surface area contributed by atoms with E-state index in [2.05, 4.69) is 4.98 Å². The van der Waals surface area contributed by atoms with Gasteiger partial charge in [0.15, 0.2) is 21.9 Å². The maximum atomic E-state index is 14.9. The normalized spacial score (nSPS) is 17.4. The topological polar surface area (TPSA) is 101 Å². The van der Waals surface area contributed by atoms with Crippen molar-refractivity contribution in [2.45, 2.75) is 32.9 Å². The fraction of sp³-hybridized carbons (Fsp3) is 0.156. The Balaban J connectivity index is 1.57. The number of hydrogen-bond donors (Lipinski definition) is 0. The number of fused-ring (bicyclic) bond motifs is 5. The number of rotatable bonds is 4. The van der Waals surface area contributed by atoms with Gasteiger partial charge >= 0.3 is 0 Å². The fourth-order valence-corrected chi connectivity index (χ4v) is 7.05. The van der Waals surface area contributed by atoms with Gasteiger partial charge in [0.25, 0.3) is 11.8 Å². The quantitative estimate of drug-likeness (QED) is 0.255. The van der Waals surface area contributed by atoms with Crippen LogP contribution in [0.25, 0.3) is 11.0 Å². The van der Waals surface area contributed by atoms with Crippen LogP contribution in [0, 0.1) is 19.7 Å². The van der Waals surface area contributed by atoms with Gasteiger partial charge in [-0.15, -0.1) is 0 Å². The number of carbonyl (C=O) groups is 3. The zero-order chi connectivity index (χ0) is 29.5. The van der Waals surface area contributed by atoms with Crippen molar-refractivity contribution in [3.63, 3.8) is 0 Å². The van der Waals surface area contributed by atoms with Crippen LogP contribution in [0.1, 0.15) is 55.1 Å². The molecule has 42 heavy (non-hydrogen) atoms. The first-order valence-electron chi connectivity index (χ1n) is 13.2. The van der Waals surface area contributed by atoms with Crippen LogP contribution in [-0.4, -0.2) is 22.6 Å². The number of halogens is 1. The van der Waals surface area contributed by atoms with Crippen molar-refractivity contribution in [1.29, 1.82) is 0 Å². The third-order valence-electron chi connectivity index (χ3n) is 7.86. The highest BCUT2D eigenvalue weighted by atomic mass is 32.1. The van der Waals surface area contributed by atoms with E-state index in [0.29, 0.717) is 21.8 Å². The van der Waals surface area contributed by atoms with Crippen LogP contribution >= 0.6 is 11.3 Å². The molecule has 0 N–H and O–H groups in total. The highest BCUT2D eigenvalue weighted by Crippen LogP contribution is 2.55. The Hall–Kier alpha value is -4.96. The Labute approximate surface area is 242 Å². The minimum absolute atomic E-state index is 0.0737. The summed E-state index contributed by atoms with van der Waals surface area (Å²) in [5.74, 6) is -2.38. The number of para-hydroxylation sites is 1. The third kappa shape index (κ3) is 3.35. The van der Waals surface area contributed by atoms with Gasteiger partial charge in [-0.3, -0.25) is 24.1 Å². The van der Waals surface area contributed by atoms with Crippen LogP contribution in [0.4, 0.5) is 15.2 Å². The number of anilines is 2. The maximum Gasteiger partial charge on any atom is 0.297 e. The Morgan fingerprint density at radius 3 is 2.50 bits per heavy atom. The monoisotopic (exact) mass is 579 g/mol. The first-order chi connectivity index (χ1) is 20.1. The van der Waals surface area contributed by atoms with E-state index in [4.69, 9.17) is 4.42 Å². The van der Waals surface area contributed by atoms with Gasteiger partial charge in [-0.25, -0.2) is 9.37 Å². The Morgan fingerprint density at radius 2 is 1.76 bits per heavy atom. The summed E-state index contributed by atoms with van der Waals surface area (Å²) in [5, 5.41) is 0.296. The van der Waals surface area contributed by atoms with Gasteiger partial charge in [-0.05, 0) is 38.1 Å². The summed E-state index contributed by atoms with van der Waals surface area (Å²) in [5.41, 5.74) is -0.219. The summed E-state index contributed by atoms with van der Waals surface area (Å²) >= 11 is 0.967. The molecule has 2 aromatic heterocycles. The van der Waals surface area contributed by atoms with Crippen molar-refractivity contribution < 1.29 is 23.2 Å². The zero-order valence-corrected chi connectivity index (χ0v) is 23.5. The number of ketones is 1. The fourth-order valence-electron chi connectivity index (χ4n) is 6.04. The van der Waals surface area contributed by atoms with E-state index < -0.39 is 28.6 Å². The average Bonchev–Trinajstić information content (AvgIpc) is 3.55. The molecular weight excluding hydrogens is 557 g/mol. The molecular formula is C32H22FN3O5S. The number of amides is 2. The molecule has 1 spiro atoms. The predicted molar refractivity (Wildman–Crippen MR) is 156 cm³/mol. The predicted octanol–water partition coefficient (Wildman–Crippen LogP) is 5.66. The Bertz CT molecular complexity index is 2080. The second kappa shape index (κ2) is 9.02. The van der Waals surface area contributed by atoms with Crippen molar-refractivity contribution in [2.24, 2.45) is 0 Å². The molecule has 1 atom stereocenters. The maximum absolute atomic E-state index is 14.9. The largest absolute Gasteiger partial charge is 0.450 e. The summed E-state index contributed by atoms with van der Waals surface area (Å²) in [7, 11) is 0. The SMILES string of the molecule is CC(=O)c1sc(N2C(=O)c3oc4ccc(C)cc4c(=O)c3C23C(=O)N(Cc2ccccc2F)c2ccccc23)nc1C. The Kier molecular flexibility index (Phi) is 5.58. The van der Waals surface area contributed by atoms with Gasteiger partial charge in [0.2, 0.25) is 5.76 Å². The average molecular weight is 580 g/mol. The molecule has 3 aromatic carbocycles. The molecule has 208 valence electrons. The van der Waals surface area contributed by atoms with Crippen molar-refractivity contribution >= 4 is 50.7 Å². The summed E-state index contributed by atoms with van der Waals surface area (Å²) in [6.07, 6.45) is 0. The molecule has 8 nitrogen and oxygen atoms in total. The van der Waals surface area contributed by atoms with Crippen LogP contribution in [-0.2, 0) is 16.9 Å². The van der Waals surface area contributed by atoms with Gasteiger partial charge < -0.3 is 9.32 Å². The number of thiazole rings is 1. The lowest BCUT2D eigenvalue weighted by Crippen LogP contribution is -2.53. The number of benzene rings is 3. The molecule has 2 aliphatic heterocycles. The van der Waals surface area contributed by atoms with Gasteiger partial charge in [-0.1, -0.05) is 59.4 Å². The first kappa shape index (κ1) is 26.0. The second-order valence-electron chi connectivity index (χ2n) is 10.5. The molecule has 0 bridgehead atoms. The summed E-state index contributed by atoms with van der Waals surface area (Å²) in [6, 6.07) is 18.0. The number of nitrogens with zero attached hydrogens (tertiary/aromatic N) is 3. The number of hydrogen-bond acceptors (Lipinski definition) is 7. The molecule has 2 aliphatic rings. The van der Waals surface area contributed by atoms with Gasteiger partial charge in [0.1, 0.15) is 11.4 Å². The molecule has 0 saturated heterocycles. The first-order valence-corrected chi connectivity index (χ1v) is 14.0. The van der Waals surface area contributed by atoms with Gasteiger partial charge in [-0.2, -0.15) is 0 Å². The second-order valence-corrected chi connectivity index (χ2v) is 11.4. The standard InChI is InChI=1S/C32H22FN3O5S/c1-16-12-13-24-20(14-16)26(38)25-27(41-24)29(39)36(31-34-17(2)28(42-31)18(3)37)32(25)21-9-5-7-11-23(21)35(30(32)40)15-19-8-4-6-10-22(19)33/h4-14H,15H2,1-3H3. The molecule has 4 heterocycles. The lowest BCUT2D eigenvalue weighted by atomic mass is 9.84. The van der Waals surface area contributed by atoms with Gasteiger partial charge in [0, 0.05) is 18.1 Å². The van der Waals surface area contributed by atoms with E-state index in [0.717, 1.165) is 16.9 Å². The van der Waals surface area contributed by atoms with Crippen LogP contribution in [0.15, 0.2) is 75.9 Å². The summed E-state index contributed by atoms with van der Waals surface area (Å²) in [4.78, 5) is 63.4. The zero-order valence-electron chi connectivity index (χ0n) is 22.7. The van der Waals surface area contributed by atoms with Crippen molar-refractivity contribution in [3.05, 3.63) is 121 Å². The van der Waals surface area contributed by atoms with E-state index >= 15 is 0 Å². The molecule has 0 saturated carbocycles. The molecule has 1 unspecified atom stereocenters. The number of aryl methyl sites for hydroxylation is 2. The van der Waals surface area contributed by atoms with E-state index in [9.17, 15) is 23.6 Å². The van der Waals surface area contributed by atoms with Crippen LogP contribution in [0.2, 0.25) is 0 Å². The molecule has 0 fully saturated rings. The van der Waals surface area contributed by atoms with Crippen LogP contribution in [0.3, 0.4) is 0 Å². The van der Waals surface area contributed by atoms with Crippen LogP contribution < -0.4 is 15.2 Å². The number of aromatic nitrogens is 1. The van der Waals surface area contributed by atoms with E-state index in [1.165, 1.54) is 22.8 Å².